The molecule has 1 aliphatic carbocycles. The lowest BCUT2D eigenvalue weighted by atomic mass is 9.87. The number of hydrogen-bond acceptors (Lipinski definition) is 4. The fourth-order valence-corrected chi connectivity index (χ4v) is 4.34. The number of para-hydroxylation sites is 1. The van der Waals surface area contributed by atoms with Gasteiger partial charge in [0, 0.05) is 46.6 Å². The van der Waals surface area contributed by atoms with Crippen molar-refractivity contribution in [3.63, 3.8) is 0 Å². The lowest BCUT2D eigenvalue weighted by Gasteiger charge is -2.31. The van der Waals surface area contributed by atoms with Gasteiger partial charge in [-0.3, -0.25) is 4.98 Å². The van der Waals surface area contributed by atoms with Crippen LogP contribution in [0, 0.1) is 0 Å². The van der Waals surface area contributed by atoms with E-state index >= 15 is 0 Å². The van der Waals surface area contributed by atoms with Gasteiger partial charge in [0.2, 0.25) is 0 Å². The van der Waals surface area contributed by atoms with Crippen molar-refractivity contribution in [1.82, 2.24) is 4.98 Å². The van der Waals surface area contributed by atoms with Crippen molar-refractivity contribution < 1.29 is 14.2 Å². The van der Waals surface area contributed by atoms with Crippen molar-refractivity contribution in [3.05, 3.63) is 82.1 Å². The van der Waals surface area contributed by atoms with Gasteiger partial charge in [0.05, 0.1) is 19.3 Å². The minimum Gasteiger partial charge on any atom is -0.490 e. The van der Waals surface area contributed by atoms with Gasteiger partial charge in [-0.15, -0.1) is 0 Å². The normalized spacial score (nSPS) is 20.7. The molecule has 1 unspecified atom stereocenters. The summed E-state index contributed by atoms with van der Waals surface area (Å²) in [4.78, 5) is 4.43. The van der Waals surface area contributed by atoms with Gasteiger partial charge < -0.3 is 14.2 Å². The number of ether oxygens (including phenoxy) is 3. The maximum absolute atomic E-state index is 6.55. The van der Waals surface area contributed by atoms with Crippen LogP contribution in [0.15, 0.2) is 60.9 Å². The molecule has 4 nitrogen and oxygen atoms in total. The monoisotopic (exact) mass is 455 g/mol. The summed E-state index contributed by atoms with van der Waals surface area (Å²) in [7, 11) is 0. The zero-order valence-electron chi connectivity index (χ0n) is 17.0. The van der Waals surface area contributed by atoms with Gasteiger partial charge in [0.25, 0.3) is 0 Å². The zero-order chi connectivity index (χ0) is 21.3. The summed E-state index contributed by atoms with van der Waals surface area (Å²) in [5.41, 5.74) is 3.32. The van der Waals surface area contributed by atoms with E-state index in [1.807, 2.05) is 42.7 Å². The highest BCUT2D eigenvalue weighted by molar-refractivity contribution is 6.33. The minimum absolute atomic E-state index is 0.316. The Kier molecular flexibility index (Phi) is 5.89. The van der Waals surface area contributed by atoms with E-state index in [1.165, 1.54) is 0 Å². The molecule has 3 aromatic rings. The average molecular weight is 456 g/mol. The van der Waals surface area contributed by atoms with Crippen LogP contribution < -0.4 is 4.74 Å². The molecule has 2 aliphatic rings. The largest absolute Gasteiger partial charge is 0.490 e. The number of halogens is 2. The summed E-state index contributed by atoms with van der Waals surface area (Å²) >= 11 is 12.5. The lowest BCUT2D eigenvalue weighted by molar-refractivity contribution is -0.0648. The molecular weight excluding hydrogens is 433 g/mol. The van der Waals surface area contributed by atoms with Crippen LogP contribution in [0.4, 0.5) is 0 Å². The highest BCUT2D eigenvalue weighted by atomic mass is 35.5. The van der Waals surface area contributed by atoms with Gasteiger partial charge in [0.15, 0.2) is 0 Å². The van der Waals surface area contributed by atoms with Gasteiger partial charge in [-0.2, -0.15) is 0 Å². The van der Waals surface area contributed by atoms with Crippen LogP contribution in [0.3, 0.4) is 0 Å². The van der Waals surface area contributed by atoms with E-state index in [2.05, 4.69) is 11.1 Å². The third-order valence-corrected chi connectivity index (χ3v) is 6.41. The minimum atomic E-state index is -0.623. The molecule has 0 amide bonds. The predicted molar refractivity (Wildman–Crippen MR) is 122 cm³/mol. The van der Waals surface area contributed by atoms with Crippen LogP contribution in [0.5, 0.6) is 5.75 Å². The van der Waals surface area contributed by atoms with Crippen molar-refractivity contribution in [2.45, 2.75) is 37.6 Å². The summed E-state index contributed by atoms with van der Waals surface area (Å²) in [6.45, 7) is 1.41. The molecule has 1 aliphatic heterocycles. The number of rotatable bonds is 7. The summed E-state index contributed by atoms with van der Waals surface area (Å²) in [5, 5.41) is 1.26. The van der Waals surface area contributed by atoms with Crippen LogP contribution in [0.2, 0.25) is 10.0 Å². The highest BCUT2D eigenvalue weighted by Gasteiger charge is 2.40. The molecule has 1 atom stereocenters. The SMILES string of the molecule is Clc1ccc(Cl)c(COC2(c3cnccc3-c3ccccc3OC3CC3)CCOC2)c1. The van der Waals surface area contributed by atoms with Crippen molar-refractivity contribution in [1.29, 1.82) is 0 Å². The molecular formula is C25H23Cl2NO3. The van der Waals surface area contributed by atoms with E-state index in [0.717, 1.165) is 47.3 Å². The fraction of sp³-hybridized carbons (Fsp3) is 0.320. The first-order chi connectivity index (χ1) is 15.1. The van der Waals surface area contributed by atoms with E-state index in [4.69, 9.17) is 37.4 Å². The summed E-state index contributed by atoms with van der Waals surface area (Å²) in [6.07, 6.45) is 6.96. The molecule has 31 heavy (non-hydrogen) atoms. The van der Waals surface area contributed by atoms with Gasteiger partial charge in [-0.05, 0) is 54.3 Å². The van der Waals surface area contributed by atoms with Gasteiger partial charge in [-0.1, -0.05) is 41.4 Å². The second kappa shape index (κ2) is 8.79. The molecule has 1 saturated carbocycles. The van der Waals surface area contributed by atoms with Crippen LogP contribution in [-0.4, -0.2) is 24.3 Å². The quantitative estimate of drug-likeness (QED) is 0.411. The Hall–Kier alpha value is -2.11. The molecule has 2 fully saturated rings. The van der Waals surface area contributed by atoms with E-state index < -0.39 is 5.60 Å². The second-order valence-electron chi connectivity index (χ2n) is 8.06. The highest BCUT2D eigenvalue weighted by Crippen LogP contribution is 2.43. The summed E-state index contributed by atoms with van der Waals surface area (Å²) in [5.74, 6) is 0.893. The Morgan fingerprint density at radius 1 is 1.06 bits per heavy atom. The lowest BCUT2D eigenvalue weighted by Crippen LogP contribution is -2.31. The summed E-state index contributed by atoms with van der Waals surface area (Å²) in [6, 6.07) is 15.6. The fourth-order valence-electron chi connectivity index (χ4n) is 3.97. The smallest absolute Gasteiger partial charge is 0.127 e. The average Bonchev–Trinajstić information content (AvgIpc) is 3.48. The first-order valence-corrected chi connectivity index (χ1v) is 11.3. The maximum Gasteiger partial charge on any atom is 0.127 e. The van der Waals surface area contributed by atoms with Crippen LogP contribution >= 0.6 is 23.2 Å². The molecule has 0 N–H and O–H groups in total. The number of benzene rings is 2. The predicted octanol–water partition coefficient (Wildman–Crippen LogP) is 6.43. The van der Waals surface area contributed by atoms with Crippen molar-refractivity contribution in [3.8, 4) is 16.9 Å². The third-order valence-electron chi connectivity index (χ3n) is 5.80. The van der Waals surface area contributed by atoms with E-state index in [0.29, 0.717) is 36.0 Å². The third kappa shape index (κ3) is 4.44. The molecule has 2 aromatic carbocycles. The second-order valence-corrected chi connectivity index (χ2v) is 8.90. The molecule has 0 spiro atoms. The van der Waals surface area contributed by atoms with E-state index in [9.17, 15) is 0 Å². The number of nitrogens with zero attached hydrogens (tertiary/aromatic N) is 1. The van der Waals surface area contributed by atoms with Gasteiger partial charge in [0.1, 0.15) is 11.4 Å². The standard InChI is InChI=1S/C25H23Cl2NO3/c26-18-5-8-23(27)17(13-18)15-30-25(10-12-29-16-25)22-14-28-11-9-20(22)21-3-1-2-4-24(21)31-19-6-7-19/h1-5,8-9,11,13-14,19H,6-7,10,12,15-16H2. The molecule has 0 radical (unpaired) electrons. The number of aromatic nitrogens is 1. The van der Waals surface area contributed by atoms with Crippen LogP contribution in [-0.2, 0) is 21.7 Å². The maximum atomic E-state index is 6.55. The molecule has 2 heterocycles. The molecule has 5 rings (SSSR count). The van der Waals surface area contributed by atoms with E-state index in [1.54, 1.807) is 12.1 Å². The number of pyridine rings is 1. The zero-order valence-corrected chi connectivity index (χ0v) is 18.5. The topological polar surface area (TPSA) is 40.6 Å². The Morgan fingerprint density at radius 3 is 2.74 bits per heavy atom. The molecule has 6 heteroatoms. The Morgan fingerprint density at radius 2 is 1.94 bits per heavy atom. The van der Waals surface area contributed by atoms with Gasteiger partial charge in [-0.25, -0.2) is 0 Å². The van der Waals surface area contributed by atoms with Crippen LogP contribution in [0.25, 0.3) is 11.1 Å². The van der Waals surface area contributed by atoms with Crippen LogP contribution in [0.1, 0.15) is 30.4 Å². The molecule has 160 valence electrons. The van der Waals surface area contributed by atoms with Crippen molar-refractivity contribution in [2.75, 3.05) is 13.2 Å². The number of hydrogen-bond donors (Lipinski definition) is 0. The van der Waals surface area contributed by atoms with Crippen molar-refractivity contribution >= 4 is 23.2 Å². The Balaban J connectivity index is 1.51. The van der Waals surface area contributed by atoms with Crippen molar-refractivity contribution in [2.24, 2.45) is 0 Å². The first kappa shape index (κ1) is 20.8. The first-order valence-electron chi connectivity index (χ1n) is 10.5. The molecule has 1 saturated heterocycles. The molecule has 1 aromatic heterocycles. The Labute approximate surface area is 192 Å². The van der Waals surface area contributed by atoms with E-state index in [-0.39, 0.29) is 0 Å². The molecule has 0 bridgehead atoms. The Bertz CT molecular complexity index is 1080. The van der Waals surface area contributed by atoms with Gasteiger partial charge >= 0.3 is 0 Å². The summed E-state index contributed by atoms with van der Waals surface area (Å²) < 4.78 is 18.5.